The van der Waals surface area contributed by atoms with Crippen LogP contribution < -0.4 is 15.1 Å². The average molecular weight is 394 g/mol. The summed E-state index contributed by atoms with van der Waals surface area (Å²) in [6.07, 6.45) is 6.27. The minimum Gasteiger partial charge on any atom is -0.507 e. The molecule has 1 aromatic heterocycles. The first-order valence-corrected chi connectivity index (χ1v) is 10.4. The smallest absolute Gasteiger partial charge is 0.200 e. The van der Waals surface area contributed by atoms with Crippen molar-refractivity contribution in [2.24, 2.45) is 0 Å². The number of nitrogens with one attached hydrogen (secondary N) is 1. The van der Waals surface area contributed by atoms with Gasteiger partial charge in [-0.3, -0.25) is 4.79 Å². The van der Waals surface area contributed by atoms with E-state index < -0.39 is 0 Å². The largest absolute Gasteiger partial charge is 0.507 e. The van der Waals surface area contributed by atoms with Gasteiger partial charge in [0.25, 0.3) is 0 Å². The highest BCUT2D eigenvalue weighted by atomic mass is 16.5. The zero-order chi connectivity index (χ0) is 20.4. The Balaban J connectivity index is 1.80. The summed E-state index contributed by atoms with van der Waals surface area (Å²) in [5.74, 6) is 0.820. The van der Waals surface area contributed by atoms with E-state index in [1.807, 2.05) is 24.3 Å². The molecule has 2 N–H and O–H groups in total. The molecule has 1 fully saturated rings. The highest BCUT2D eigenvalue weighted by molar-refractivity contribution is 5.86. The summed E-state index contributed by atoms with van der Waals surface area (Å²) in [6.45, 7) is 3.97. The molecule has 2 heterocycles. The zero-order valence-corrected chi connectivity index (χ0v) is 17.0. The molecule has 0 bridgehead atoms. The van der Waals surface area contributed by atoms with E-state index in [0.29, 0.717) is 40.4 Å². The molecule has 5 nitrogen and oxygen atoms in total. The summed E-state index contributed by atoms with van der Waals surface area (Å²) < 4.78 is 11.4. The van der Waals surface area contributed by atoms with Crippen molar-refractivity contribution in [2.45, 2.75) is 45.2 Å². The number of quaternary nitrogens is 1. The van der Waals surface area contributed by atoms with E-state index in [4.69, 9.17) is 9.15 Å². The number of hydrogen-bond acceptors (Lipinski definition) is 4. The number of ether oxygens (including phenoxy) is 1. The van der Waals surface area contributed by atoms with Gasteiger partial charge < -0.3 is 19.2 Å². The number of fused-ring (bicyclic) bond motifs is 1. The van der Waals surface area contributed by atoms with Gasteiger partial charge >= 0.3 is 0 Å². The number of hydrogen-bond donors (Lipinski definition) is 2. The minimum atomic E-state index is -0.113. The van der Waals surface area contributed by atoms with Crippen LogP contribution in [0.3, 0.4) is 0 Å². The van der Waals surface area contributed by atoms with Crippen LogP contribution in [-0.2, 0) is 6.54 Å². The molecule has 4 rings (SSSR count). The molecule has 29 heavy (non-hydrogen) atoms. The molecule has 2 aromatic carbocycles. The number of piperidine rings is 1. The van der Waals surface area contributed by atoms with Crippen molar-refractivity contribution in [1.29, 1.82) is 0 Å². The van der Waals surface area contributed by atoms with Gasteiger partial charge in [0.1, 0.15) is 29.9 Å². The molecule has 152 valence electrons. The van der Waals surface area contributed by atoms with Crippen LogP contribution in [0.1, 0.15) is 38.2 Å². The van der Waals surface area contributed by atoms with Gasteiger partial charge in [-0.15, -0.1) is 0 Å². The van der Waals surface area contributed by atoms with Crippen LogP contribution in [0.25, 0.3) is 22.1 Å². The summed E-state index contributed by atoms with van der Waals surface area (Å²) in [7, 11) is 1.59. The summed E-state index contributed by atoms with van der Waals surface area (Å²) in [4.78, 5) is 14.7. The van der Waals surface area contributed by atoms with Gasteiger partial charge in [0.2, 0.25) is 5.43 Å². The van der Waals surface area contributed by atoms with Crippen LogP contribution >= 0.6 is 0 Å². The summed E-state index contributed by atoms with van der Waals surface area (Å²) >= 11 is 0. The van der Waals surface area contributed by atoms with E-state index in [9.17, 15) is 9.90 Å². The van der Waals surface area contributed by atoms with Crippen molar-refractivity contribution >= 4 is 11.0 Å². The van der Waals surface area contributed by atoms with Crippen LogP contribution in [0.15, 0.2) is 51.9 Å². The number of likely N-dealkylation sites (tertiary alicyclic amines) is 1. The van der Waals surface area contributed by atoms with Crippen molar-refractivity contribution in [3.05, 3.63) is 58.4 Å². The number of methoxy groups -OCH3 is 1. The van der Waals surface area contributed by atoms with Crippen molar-refractivity contribution in [2.75, 3.05) is 13.7 Å². The molecule has 3 aromatic rings. The fourth-order valence-corrected chi connectivity index (χ4v) is 4.57. The number of rotatable bonds is 5. The minimum absolute atomic E-state index is 0.113. The lowest BCUT2D eigenvalue weighted by molar-refractivity contribution is -0.944. The molecule has 5 heteroatoms. The van der Waals surface area contributed by atoms with Crippen molar-refractivity contribution < 1.29 is 19.2 Å². The van der Waals surface area contributed by atoms with Crippen LogP contribution in [0.5, 0.6) is 11.5 Å². The Morgan fingerprint density at radius 2 is 2.00 bits per heavy atom. The van der Waals surface area contributed by atoms with Crippen molar-refractivity contribution in [3.63, 3.8) is 0 Å². The topological polar surface area (TPSA) is 64.1 Å². The standard InChI is InChI=1S/C24H27NO4/c1-3-16-8-6-7-13-25(16)14-19-21(26)12-11-18-23(27)20(15-29-24(18)19)17-9-4-5-10-22(17)28-2/h4-5,9-12,15-16,26H,3,6-8,13-14H2,1-2H3/p+1/t16-/m1/s1. The molecule has 0 amide bonds. The van der Waals surface area contributed by atoms with Crippen LogP contribution in [-0.4, -0.2) is 24.8 Å². The first kappa shape index (κ1) is 19.5. The second-order valence-electron chi connectivity index (χ2n) is 7.80. The Morgan fingerprint density at radius 1 is 1.17 bits per heavy atom. The zero-order valence-electron chi connectivity index (χ0n) is 17.0. The number of phenols is 1. The molecule has 1 saturated heterocycles. The highest BCUT2D eigenvalue weighted by Gasteiger charge is 2.27. The maximum absolute atomic E-state index is 13.3. The first-order chi connectivity index (χ1) is 14.1. The van der Waals surface area contributed by atoms with Gasteiger partial charge in [0.05, 0.1) is 36.2 Å². The summed E-state index contributed by atoms with van der Waals surface area (Å²) in [6, 6.07) is 11.3. The lowest BCUT2D eigenvalue weighted by Gasteiger charge is -2.32. The van der Waals surface area contributed by atoms with Gasteiger partial charge in [-0.1, -0.05) is 25.1 Å². The quantitative estimate of drug-likeness (QED) is 0.695. The number of aromatic hydroxyl groups is 1. The number of phenolic OH excluding ortho intramolecular Hbond substituents is 1. The second-order valence-corrected chi connectivity index (χ2v) is 7.80. The normalized spacial score (nSPS) is 19.4. The van der Waals surface area contributed by atoms with Crippen LogP contribution in [0.2, 0.25) is 0 Å². The maximum atomic E-state index is 13.3. The van der Waals surface area contributed by atoms with E-state index in [-0.39, 0.29) is 11.2 Å². The lowest BCUT2D eigenvalue weighted by Crippen LogP contribution is -3.15. The maximum Gasteiger partial charge on any atom is 0.200 e. The molecule has 0 radical (unpaired) electrons. The molecule has 0 aliphatic carbocycles. The second kappa shape index (κ2) is 8.29. The fraction of sp³-hybridized carbons (Fsp3) is 0.375. The SMILES string of the molecule is CC[C@@H]1CCCC[NH+]1Cc1c(O)ccc2c(=O)c(-c3ccccc3OC)coc12. The average Bonchev–Trinajstić information content (AvgIpc) is 2.76. The molecule has 1 aliphatic rings. The number of benzene rings is 2. The fourth-order valence-electron chi connectivity index (χ4n) is 4.57. The van der Waals surface area contributed by atoms with Gasteiger partial charge in [-0.2, -0.15) is 0 Å². The summed E-state index contributed by atoms with van der Waals surface area (Å²) in [5.41, 5.74) is 2.26. The third-order valence-corrected chi connectivity index (χ3v) is 6.19. The van der Waals surface area contributed by atoms with E-state index in [1.165, 1.54) is 30.4 Å². The van der Waals surface area contributed by atoms with Crippen molar-refractivity contribution in [1.82, 2.24) is 0 Å². The molecule has 1 aliphatic heterocycles. The lowest BCUT2D eigenvalue weighted by atomic mass is 9.98. The Hall–Kier alpha value is -2.79. The van der Waals surface area contributed by atoms with E-state index in [1.54, 1.807) is 19.2 Å². The van der Waals surface area contributed by atoms with E-state index in [2.05, 4.69) is 6.92 Å². The third-order valence-electron chi connectivity index (χ3n) is 6.19. The molecular formula is C24H28NO4+. The Kier molecular flexibility index (Phi) is 5.58. The van der Waals surface area contributed by atoms with E-state index in [0.717, 1.165) is 18.5 Å². The first-order valence-electron chi connectivity index (χ1n) is 10.4. The Bertz CT molecular complexity index is 1070. The molecule has 1 unspecified atom stereocenters. The molecular weight excluding hydrogens is 366 g/mol. The predicted molar refractivity (Wildman–Crippen MR) is 114 cm³/mol. The molecule has 0 spiro atoms. The van der Waals surface area contributed by atoms with Gasteiger partial charge in [0.15, 0.2) is 0 Å². The van der Waals surface area contributed by atoms with Gasteiger partial charge in [-0.05, 0) is 43.9 Å². The van der Waals surface area contributed by atoms with Gasteiger partial charge in [-0.25, -0.2) is 0 Å². The van der Waals surface area contributed by atoms with Crippen molar-refractivity contribution in [3.8, 4) is 22.6 Å². The Labute approximate surface area is 170 Å². The summed E-state index contributed by atoms with van der Waals surface area (Å²) in [5, 5.41) is 11.1. The Morgan fingerprint density at radius 3 is 2.79 bits per heavy atom. The third kappa shape index (κ3) is 3.62. The van der Waals surface area contributed by atoms with Gasteiger partial charge in [0, 0.05) is 5.56 Å². The predicted octanol–water partition coefficient (Wildman–Crippen LogP) is 3.52. The monoisotopic (exact) mass is 394 g/mol. The highest BCUT2D eigenvalue weighted by Crippen LogP contribution is 2.31. The number of para-hydroxylation sites is 1. The molecule has 0 saturated carbocycles. The van der Waals surface area contributed by atoms with Crippen LogP contribution in [0.4, 0.5) is 0 Å². The van der Waals surface area contributed by atoms with Crippen LogP contribution in [0, 0.1) is 0 Å². The molecule has 2 atom stereocenters. The van der Waals surface area contributed by atoms with E-state index >= 15 is 0 Å².